The van der Waals surface area contributed by atoms with Crippen molar-refractivity contribution >= 4 is 31.7 Å². The summed E-state index contributed by atoms with van der Waals surface area (Å²) in [4.78, 5) is 12.1. The zero-order valence-corrected chi connectivity index (χ0v) is 13.2. The zero-order chi connectivity index (χ0) is 14.6. The molecule has 0 spiro atoms. The number of carbonyl (C=O) groups is 1. The van der Waals surface area contributed by atoms with Gasteiger partial charge in [0.25, 0.3) is 5.91 Å². The third-order valence-corrected chi connectivity index (χ3v) is 4.99. The van der Waals surface area contributed by atoms with Gasteiger partial charge in [-0.1, -0.05) is 34.6 Å². The highest BCUT2D eigenvalue weighted by Crippen LogP contribution is 2.20. The highest BCUT2D eigenvalue weighted by atomic mass is 79.9. The minimum atomic E-state index is -3.49. The molecule has 0 unspecified atom stereocenters. The van der Waals surface area contributed by atoms with Crippen LogP contribution in [0, 0.1) is 0 Å². The van der Waals surface area contributed by atoms with E-state index in [1.807, 2.05) is 0 Å². The van der Waals surface area contributed by atoms with Gasteiger partial charge in [0.1, 0.15) is 0 Å². The number of sulfone groups is 1. The largest absolute Gasteiger partial charge is 0.347 e. The Morgan fingerprint density at radius 2 is 1.95 bits per heavy atom. The summed E-state index contributed by atoms with van der Waals surface area (Å²) in [6.07, 6.45) is 0. The molecule has 0 saturated carbocycles. The first-order chi connectivity index (χ1) is 8.76. The lowest BCUT2D eigenvalue weighted by molar-refractivity contribution is 0.0954. The predicted octanol–water partition coefficient (Wildman–Crippen LogP) is 2.51. The summed E-state index contributed by atoms with van der Waals surface area (Å²) in [5, 5.41) is 2.02. The number of carbonyl (C=O) groups excluding carboxylic acids is 1. The van der Waals surface area contributed by atoms with Gasteiger partial charge < -0.3 is 5.32 Å². The summed E-state index contributed by atoms with van der Waals surface area (Å²) in [5.74, 6) is -0.430. The van der Waals surface area contributed by atoms with E-state index in [0.29, 0.717) is 4.48 Å². The molecule has 19 heavy (non-hydrogen) atoms. The fraction of sp³-hybridized carbons (Fsp3) is 0.308. The Morgan fingerprint density at radius 3 is 2.47 bits per heavy atom. The van der Waals surface area contributed by atoms with Crippen molar-refractivity contribution in [3.8, 4) is 0 Å². The first kappa shape index (κ1) is 15.9. The number of hydrogen-bond donors (Lipinski definition) is 1. The molecule has 0 fully saturated rings. The maximum atomic E-state index is 12.2. The van der Waals surface area contributed by atoms with E-state index in [0.717, 1.165) is 0 Å². The lowest BCUT2D eigenvalue weighted by atomic mass is 10.2. The Morgan fingerprint density at radius 1 is 1.37 bits per heavy atom. The molecule has 1 amide bonds. The van der Waals surface area contributed by atoms with Crippen LogP contribution < -0.4 is 5.32 Å². The monoisotopic (exact) mass is 345 g/mol. The molecule has 1 rings (SSSR count). The molecule has 104 valence electrons. The van der Waals surface area contributed by atoms with Crippen LogP contribution in [-0.2, 0) is 9.84 Å². The molecule has 0 radical (unpaired) electrons. The van der Waals surface area contributed by atoms with Gasteiger partial charge in [0.05, 0.1) is 15.7 Å². The van der Waals surface area contributed by atoms with Crippen LogP contribution in [0.15, 0.2) is 40.2 Å². The molecule has 6 heteroatoms. The molecule has 0 aliphatic carbocycles. The highest BCUT2D eigenvalue weighted by molar-refractivity contribution is 9.11. The second-order valence-electron chi connectivity index (χ2n) is 4.29. The second kappa shape index (κ2) is 6.34. The van der Waals surface area contributed by atoms with Gasteiger partial charge in [-0.25, -0.2) is 8.42 Å². The van der Waals surface area contributed by atoms with Gasteiger partial charge in [0.2, 0.25) is 0 Å². The van der Waals surface area contributed by atoms with Crippen molar-refractivity contribution in [2.45, 2.75) is 24.0 Å². The van der Waals surface area contributed by atoms with Crippen LogP contribution in [0.1, 0.15) is 24.2 Å². The zero-order valence-electron chi connectivity index (χ0n) is 10.8. The third kappa shape index (κ3) is 3.91. The van der Waals surface area contributed by atoms with Crippen molar-refractivity contribution in [1.82, 2.24) is 5.32 Å². The van der Waals surface area contributed by atoms with Crippen molar-refractivity contribution in [3.05, 3.63) is 40.9 Å². The molecular formula is C13H16BrNO3S. The number of benzene rings is 1. The van der Waals surface area contributed by atoms with Gasteiger partial charge in [-0.3, -0.25) is 4.79 Å². The first-order valence-corrected chi connectivity index (χ1v) is 8.05. The van der Waals surface area contributed by atoms with Gasteiger partial charge >= 0.3 is 0 Å². The van der Waals surface area contributed by atoms with E-state index < -0.39 is 21.0 Å². The third-order valence-electron chi connectivity index (χ3n) is 2.50. The Hall–Kier alpha value is -1.14. The molecule has 1 aromatic carbocycles. The van der Waals surface area contributed by atoms with Gasteiger partial charge in [0, 0.05) is 11.0 Å². The van der Waals surface area contributed by atoms with Crippen LogP contribution in [0.2, 0.25) is 0 Å². The fourth-order valence-electron chi connectivity index (χ4n) is 1.43. The lowest BCUT2D eigenvalue weighted by Crippen LogP contribution is -2.27. The molecular weight excluding hydrogens is 330 g/mol. The fourth-order valence-corrected chi connectivity index (χ4v) is 2.81. The van der Waals surface area contributed by atoms with Crippen LogP contribution in [0.3, 0.4) is 0 Å². The van der Waals surface area contributed by atoms with E-state index >= 15 is 0 Å². The number of rotatable bonds is 5. The molecule has 0 heterocycles. The molecule has 4 nitrogen and oxygen atoms in total. The Balaban J connectivity index is 3.17. The average molecular weight is 346 g/mol. The summed E-state index contributed by atoms with van der Waals surface area (Å²) in [6.45, 7) is 7.02. The van der Waals surface area contributed by atoms with Crippen LogP contribution in [0.5, 0.6) is 0 Å². The minimum absolute atomic E-state index is 0.0580. The Labute approximate surface area is 122 Å². The van der Waals surface area contributed by atoms with Crippen molar-refractivity contribution < 1.29 is 13.2 Å². The number of halogens is 1. The standard InChI is InChI=1S/C13H16BrNO3S/c1-9(2)19(17,18)12-7-5-4-6-11(12)13(16)15-8-10(3)14/h4-7,9H,3,8H2,1-2H3,(H,15,16). The average Bonchev–Trinajstić information content (AvgIpc) is 2.35. The number of amides is 1. The van der Waals surface area contributed by atoms with Crippen LogP contribution >= 0.6 is 15.9 Å². The van der Waals surface area contributed by atoms with Gasteiger partial charge in [0.15, 0.2) is 9.84 Å². The van der Waals surface area contributed by atoms with Crippen LogP contribution in [-0.4, -0.2) is 26.1 Å². The highest BCUT2D eigenvalue weighted by Gasteiger charge is 2.24. The second-order valence-corrected chi connectivity index (χ2v) is 7.88. The topological polar surface area (TPSA) is 63.2 Å². The van der Waals surface area contributed by atoms with Crippen molar-refractivity contribution in [3.63, 3.8) is 0 Å². The summed E-state index contributed by atoms with van der Waals surface area (Å²) in [5.41, 5.74) is 0.157. The van der Waals surface area contributed by atoms with Crippen molar-refractivity contribution in [2.24, 2.45) is 0 Å². The van der Waals surface area contributed by atoms with Gasteiger partial charge in [-0.2, -0.15) is 0 Å². The summed E-state index contributed by atoms with van der Waals surface area (Å²) in [7, 11) is -3.49. The van der Waals surface area contributed by atoms with E-state index in [2.05, 4.69) is 27.8 Å². The lowest BCUT2D eigenvalue weighted by Gasteiger charge is -2.12. The molecule has 0 atom stereocenters. The molecule has 1 aromatic rings. The predicted molar refractivity (Wildman–Crippen MR) is 79.2 cm³/mol. The Kier molecular flexibility index (Phi) is 5.31. The molecule has 0 aromatic heterocycles. The normalized spacial score (nSPS) is 11.4. The van der Waals surface area contributed by atoms with Crippen LogP contribution in [0.4, 0.5) is 0 Å². The maximum Gasteiger partial charge on any atom is 0.252 e. The molecule has 0 bridgehead atoms. The van der Waals surface area contributed by atoms with Crippen molar-refractivity contribution in [1.29, 1.82) is 0 Å². The summed E-state index contributed by atoms with van der Waals surface area (Å²) < 4.78 is 25.0. The van der Waals surface area contributed by atoms with Gasteiger partial charge in [-0.15, -0.1) is 0 Å². The van der Waals surface area contributed by atoms with E-state index in [9.17, 15) is 13.2 Å². The SMILES string of the molecule is C=C(Br)CNC(=O)c1ccccc1S(=O)(=O)C(C)C. The van der Waals surface area contributed by atoms with E-state index in [4.69, 9.17) is 0 Å². The van der Waals surface area contributed by atoms with E-state index in [-0.39, 0.29) is 17.0 Å². The summed E-state index contributed by atoms with van der Waals surface area (Å²) >= 11 is 3.13. The van der Waals surface area contributed by atoms with Gasteiger partial charge in [-0.05, 0) is 26.0 Å². The Bertz CT molecular complexity index is 594. The molecule has 0 aliphatic heterocycles. The van der Waals surface area contributed by atoms with E-state index in [1.54, 1.807) is 26.0 Å². The van der Waals surface area contributed by atoms with Crippen molar-refractivity contribution in [2.75, 3.05) is 6.54 Å². The molecule has 1 N–H and O–H groups in total. The minimum Gasteiger partial charge on any atom is -0.347 e. The first-order valence-electron chi connectivity index (χ1n) is 5.71. The molecule has 0 saturated heterocycles. The quantitative estimate of drug-likeness (QED) is 0.891. The van der Waals surface area contributed by atoms with Crippen LogP contribution in [0.25, 0.3) is 0 Å². The smallest absolute Gasteiger partial charge is 0.252 e. The number of hydrogen-bond acceptors (Lipinski definition) is 3. The maximum absolute atomic E-state index is 12.2. The summed E-state index contributed by atoms with van der Waals surface area (Å²) in [6, 6.07) is 6.20. The van der Waals surface area contributed by atoms with E-state index in [1.165, 1.54) is 12.1 Å². The number of nitrogens with one attached hydrogen (secondary N) is 1. The molecule has 0 aliphatic rings.